The molecule has 0 aliphatic carbocycles. The highest BCUT2D eigenvalue weighted by Crippen LogP contribution is 2.30. The van der Waals surface area contributed by atoms with Gasteiger partial charge in [0.25, 0.3) is 0 Å². The van der Waals surface area contributed by atoms with Crippen LogP contribution in [0.15, 0.2) is 17.0 Å². The zero-order valence-electron chi connectivity index (χ0n) is 10.1. The van der Waals surface area contributed by atoms with Crippen molar-refractivity contribution >= 4 is 15.8 Å². The molecule has 6 heteroatoms. The summed E-state index contributed by atoms with van der Waals surface area (Å²) < 4.78 is 32.7. The van der Waals surface area contributed by atoms with Gasteiger partial charge in [0.05, 0.1) is 19.8 Å². The first-order valence-electron chi connectivity index (χ1n) is 4.79. The summed E-state index contributed by atoms with van der Waals surface area (Å²) in [6.07, 6.45) is 1.09. The summed E-state index contributed by atoms with van der Waals surface area (Å²) in [5.41, 5.74) is 0.735. The highest BCUT2D eigenvalue weighted by molar-refractivity contribution is 7.90. The van der Waals surface area contributed by atoms with Crippen LogP contribution in [0.5, 0.6) is 5.75 Å². The van der Waals surface area contributed by atoms with E-state index < -0.39 is 15.8 Å². The fraction of sp³-hybridized carbons (Fsp3) is 0.364. The van der Waals surface area contributed by atoms with Crippen LogP contribution in [-0.2, 0) is 14.6 Å². The quantitative estimate of drug-likeness (QED) is 0.762. The molecule has 0 spiro atoms. The molecule has 0 aromatic heterocycles. The van der Waals surface area contributed by atoms with Crippen molar-refractivity contribution in [2.24, 2.45) is 0 Å². The van der Waals surface area contributed by atoms with E-state index in [0.717, 1.165) is 6.26 Å². The van der Waals surface area contributed by atoms with Gasteiger partial charge in [0.1, 0.15) is 10.6 Å². The minimum Gasteiger partial charge on any atom is -0.495 e. The van der Waals surface area contributed by atoms with E-state index in [2.05, 4.69) is 4.74 Å². The number of methoxy groups -OCH3 is 2. The molecule has 0 N–H and O–H groups in total. The van der Waals surface area contributed by atoms with Crippen molar-refractivity contribution < 1.29 is 22.7 Å². The number of carbonyl (C=O) groups is 1. The Kier molecular flexibility index (Phi) is 3.77. The maximum atomic E-state index is 11.5. The zero-order valence-corrected chi connectivity index (χ0v) is 10.9. The van der Waals surface area contributed by atoms with Crippen LogP contribution >= 0.6 is 0 Å². The predicted octanol–water partition coefficient (Wildman–Crippen LogP) is 1.19. The number of benzene rings is 1. The number of hydrogen-bond donors (Lipinski definition) is 0. The third-order valence-electron chi connectivity index (χ3n) is 2.38. The minimum absolute atomic E-state index is 0.0603. The molecule has 94 valence electrons. The number of rotatable bonds is 3. The number of esters is 1. The average molecular weight is 258 g/mol. The summed E-state index contributed by atoms with van der Waals surface area (Å²) in [7, 11) is -0.773. The third kappa shape index (κ3) is 2.58. The molecule has 1 aromatic carbocycles. The van der Waals surface area contributed by atoms with Gasteiger partial charge in [-0.1, -0.05) is 0 Å². The van der Waals surface area contributed by atoms with Crippen molar-refractivity contribution in [2.45, 2.75) is 11.8 Å². The summed E-state index contributed by atoms with van der Waals surface area (Å²) in [6, 6.07) is 2.76. The van der Waals surface area contributed by atoms with Gasteiger partial charge in [-0.25, -0.2) is 13.2 Å². The molecular formula is C11H14O5S. The Morgan fingerprint density at radius 3 is 2.24 bits per heavy atom. The van der Waals surface area contributed by atoms with E-state index in [1.807, 2.05) is 0 Å². The van der Waals surface area contributed by atoms with Crippen molar-refractivity contribution in [1.82, 2.24) is 0 Å². The van der Waals surface area contributed by atoms with Crippen molar-refractivity contribution in [3.05, 3.63) is 23.3 Å². The Labute approximate surface area is 100 Å². The molecule has 0 fully saturated rings. The van der Waals surface area contributed by atoms with Gasteiger partial charge >= 0.3 is 5.97 Å². The summed E-state index contributed by atoms with van der Waals surface area (Å²) in [4.78, 5) is 11.5. The first-order chi connectivity index (χ1) is 7.82. The van der Waals surface area contributed by atoms with Crippen LogP contribution in [0.1, 0.15) is 15.9 Å². The molecule has 0 saturated carbocycles. The van der Waals surface area contributed by atoms with Gasteiger partial charge in [-0.05, 0) is 19.1 Å². The largest absolute Gasteiger partial charge is 0.495 e. The Hall–Kier alpha value is -1.56. The molecule has 0 radical (unpaired) electrons. The van der Waals surface area contributed by atoms with E-state index in [1.54, 1.807) is 6.92 Å². The topological polar surface area (TPSA) is 69.7 Å². The third-order valence-corrected chi connectivity index (χ3v) is 3.50. The van der Waals surface area contributed by atoms with Crippen molar-refractivity contribution in [1.29, 1.82) is 0 Å². The Morgan fingerprint density at radius 1 is 1.24 bits per heavy atom. The second-order valence-electron chi connectivity index (χ2n) is 3.53. The molecule has 0 amide bonds. The zero-order chi connectivity index (χ0) is 13.2. The van der Waals surface area contributed by atoms with Gasteiger partial charge in [-0.15, -0.1) is 0 Å². The molecule has 0 atom stereocenters. The van der Waals surface area contributed by atoms with Crippen LogP contribution in [0, 0.1) is 6.92 Å². The molecular weight excluding hydrogens is 244 g/mol. The van der Waals surface area contributed by atoms with Crippen LogP contribution < -0.4 is 4.74 Å². The van der Waals surface area contributed by atoms with Gasteiger partial charge in [0.2, 0.25) is 0 Å². The average Bonchev–Trinajstić information content (AvgIpc) is 2.26. The van der Waals surface area contributed by atoms with Gasteiger partial charge in [0.15, 0.2) is 9.84 Å². The summed E-state index contributed by atoms with van der Waals surface area (Å²) in [5, 5.41) is 0. The number of ether oxygens (including phenoxy) is 2. The second kappa shape index (κ2) is 4.75. The first kappa shape index (κ1) is 13.5. The van der Waals surface area contributed by atoms with E-state index in [4.69, 9.17) is 4.74 Å². The van der Waals surface area contributed by atoms with Crippen LogP contribution in [0.4, 0.5) is 0 Å². The minimum atomic E-state index is -3.39. The van der Waals surface area contributed by atoms with Crippen LogP contribution in [-0.4, -0.2) is 34.9 Å². The monoisotopic (exact) mass is 258 g/mol. The van der Waals surface area contributed by atoms with Crippen molar-refractivity contribution in [2.75, 3.05) is 20.5 Å². The van der Waals surface area contributed by atoms with Gasteiger partial charge in [0, 0.05) is 11.8 Å². The number of carbonyl (C=O) groups excluding carboxylic acids is 1. The van der Waals surface area contributed by atoms with Crippen LogP contribution in [0.2, 0.25) is 0 Å². The summed E-state index contributed by atoms with van der Waals surface area (Å²) in [6.45, 7) is 1.61. The van der Waals surface area contributed by atoms with E-state index >= 15 is 0 Å². The molecule has 17 heavy (non-hydrogen) atoms. The predicted molar refractivity (Wildman–Crippen MR) is 62.2 cm³/mol. The molecule has 1 rings (SSSR count). The SMILES string of the molecule is COC(=O)c1ccc(S(C)(=O)=O)c(OC)c1C. The fourth-order valence-corrected chi connectivity index (χ4v) is 2.43. The molecule has 0 bridgehead atoms. The maximum Gasteiger partial charge on any atom is 0.338 e. The Bertz CT molecular complexity index is 545. The Balaban J connectivity index is 3.54. The van der Waals surface area contributed by atoms with Crippen LogP contribution in [0.3, 0.4) is 0 Å². The molecule has 0 heterocycles. The normalized spacial score (nSPS) is 11.1. The van der Waals surface area contributed by atoms with Gasteiger partial charge < -0.3 is 9.47 Å². The highest BCUT2D eigenvalue weighted by atomic mass is 32.2. The lowest BCUT2D eigenvalue weighted by Crippen LogP contribution is -2.08. The summed E-state index contributed by atoms with van der Waals surface area (Å²) >= 11 is 0. The van der Waals surface area contributed by atoms with Gasteiger partial charge in [-0.3, -0.25) is 0 Å². The van der Waals surface area contributed by atoms with E-state index in [-0.39, 0.29) is 16.2 Å². The molecule has 0 unspecified atom stereocenters. The lowest BCUT2D eigenvalue weighted by molar-refractivity contribution is 0.0599. The smallest absolute Gasteiger partial charge is 0.338 e. The molecule has 0 aliphatic rings. The lowest BCUT2D eigenvalue weighted by atomic mass is 10.1. The van der Waals surface area contributed by atoms with Crippen LogP contribution in [0.25, 0.3) is 0 Å². The standard InChI is InChI=1S/C11H14O5S/c1-7-8(11(12)16-3)5-6-9(10(7)15-2)17(4,13)14/h5-6H,1-4H3. The maximum absolute atomic E-state index is 11.5. The number of sulfone groups is 1. The fourth-order valence-electron chi connectivity index (χ4n) is 1.54. The lowest BCUT2D eigenvalue weighted by Gasteiger charge is -2.12. The molecule has 5 nitrogen and oxygen atoms in total. The Morgan fingerprint density at radius 2 is 1.82 bits per heavy atom. The van der Waals surface area contributed by atoms with E-state index in [9.17, 15) is 13.2 Å². The van der Waals surface area contributed by atoms with E-state index in [0.29, 0.717) is 5.56 Å². The number of hydrogen-bond acceptors (Lipinski definition) is 5. The first-order valence-corrected chi connectivity index (χ1v) is 6.68. The molecule has 1 aromatic rings. The molecule has 0 aliphatic heterocycles. The summed E-state index contributed by atoms with van der Waals surface area (Å²) in [5.74, 6) is -0.351. The van der Waals surface area contributed by atoms with Crippen molar-refractivity contribution in [3.8, 4) is 5.75 Å². The molecule has 0 saturated heterocycles. The van der Waals surface area contributed by atoms with Crippen molar-refractivity contribution in [3.63, 3.8) is 0 Å². The second-order valence-corrected chi connectivity index (χ2v) is 5.52. The highest BCUT2D eigenvalue weighted by Gasteiger charge is 2.21. The van der Waals surface area contributed by atoms with Gasteiger partial charge in [-0.2, -0.15) is 0 Å². The van der Waals surface area contributed by atoms with E-state index in [1.165, 1.54) is 26.4 Å².